The molecule has 0 saturated heterocycles. The molecule has 3 aromatic rings. The van der Waals surface area contributed by atoms with E-state index >= 15 is 0 Å². The highest BCUT2D eigenvalue weighted by molar-refractivity contribution is 7.99. The molecule has 0 spiro atoms. The number of anilines is 1. The molecule has 0 aromatic carbocycles. The first-order valence-electron chi connectivity index (χ1n) is 4.86. The summed E-state index contributed by atoms with van der Waals surface area (Å²) in [5.41, 5.74) is 5.63. The fourth-order valence-corrected chi connectivity index (χ4v) is 1.86. The molecular weight excluding hydrogens is 254 g/mol. The Kier molecular flexibility index (Phi) is 2.61. The van der Waals surface area contributed by atoms with Crippen LogP contribution in [0.2, 0.25) is 0 Å². The molecule has 0 aliphatic rings. The van der Waals surface area contributed by atoms with E-state index in [1.165, 1.54) is 22.8 Å². The minimum atomic E-state index is 0.123. The van der Waals surface area contributed by atoms with E-state index in [1.807, 2.05) is 0 Å². The molecule has 0 unspecified atom stereocenters. The number of nitrogens with zero attached hydrogens (tertiary/aromatic N) is 7. The monoisotopic (exact) mass is 261 g/mol. The molecule has 0 radical (unpaired) electrons. The first-order valence-corrected chi connectivity index (χ1v) is 5.68. The minimum absolute atomic E-state index is 0.123. The van der Waals surface area contributed by atoms with Crippen molar-refractivity contribution in [2.45, 2.75) is 10.3 Å². The Morgan fingerprint density at radius 3 is 2.94 bits per heavy atom. The van der Waals surface area contributed by atoms with Crippen LogP contribution >= 0.6 is 11.8 Å². The summed E-state index contributed by atoms with van der Waals surface area (Å²) in [6.07, 6.45) is 4.75. The molecule has 0 saturated carbocycles. The van der Waals surface area contributed by atoms with E-state index in [0.29, 0.717) is 16.3 Å². The number of rotatable bonds is 3. The molecule has 3 heterocycles. The standard InChI is InChI=1S/C8H7N9S/c9-5-13-6(17-3-1-2-12-17)15-8(14-5)18-7-10-4-11-16-7/h1-4H,(H,10,11,16)(H2,9,13,14,15). The third kappa shape index (κ3) is 2.13. The molecule has 0 aliphatic heterocycles. The predicted octanol–water partition coefficient (Wildman–Crippen LogP) is -0.0912. The van der Waals surface area contributed by atoms with Crippen LogP contribution in [0.25, 0.3) is 5.95 Å². The number of hydrogen-bond donors (Lipinski definition) is 2. The zero-order valence-electron chi connectivity index (χ0n) is 8.93. The van der Waals surface area contributed by atoms with Crippen LogP contribution in [0.15, 0.2) is 35.1 Å². The van der Waals surface area contributed by atoms with Crippen LogP contribution in [0.5, 0.6) is 0 Å². The van der Waals surface area contributed by atoms with Gasteiger partial charge in [0.25, 0.3) is 5.95 Å². The number of nitrogen functional groups attached to an aromatic ring is 1. The summed E-state index contributed by atoms with van der Waals surface area (Å²) in [5, 5.41) is 11.5. The van der Waals surface area contributed by atoms with Gasteiger partial charge in [-0.1, -0.05) is 0 Å². The Balaban J connectivity index is 1.96. The number of aromatic nitrogens is 8. The molecule has 18 heavy (non-hydrogen) atoms. The third-order valence-electron chi connectivity index (χ3n) is 1.91. The second-order valence-corrected chi connectivity index (χ2v) is 4.08. The van der Waals surface area contributed by atoms with E-state index < -0.39 is 0 Å². The Morgan fingerprint density at radius 1 is 1.28 bits per heavy atom. The van der Waals surface area contributed by atoms with Crippen LogP contribution in [-0.4, -0.2) is 39.9 Å². The smallest absolute Gasteiger partial charge is 0.256 e. The lowest BCUT2D eigenvalue weighted by Crippen LogP contribution is -2.07. The summed E-state index contributed by atoms with van der Waals surface area (Å²) in [7, 11) is 0. The molecule has 9 nitrogen and oxygen atoms in total. The largest absolute Gasteiger partial charge is 0.368 e. The van der Waals surface area contributed by atoms with Gasteiger partial charge in [-0.05, 0) is 17.8 Å². The van der Waals surface area contributed by atoms with Gasteiger partial charge in [-0.3, -0.25) is 5.10 Å². The maximum absolute atomic E-state index is 5.63. The number of H-pyrrole nitrogens is 1. The van der Waals surface area contributed by atoms with E-state index in [9.17, 15) is 0 Å². The molecule has 0 fully saturated rings. The fourth-order valence-electron chi connectivity index (χ4n) is 1.23. The zero-order valence-corrected chi connectivity index (χ0v) is 9.74. The van der Waals surface area contributed by atoms with Crippen molar-refractivity contribution in [3.05, 3.63) is 24.8 Å². The summed E-state index contributed by atoms with van der Waals surface area (Å²) in [5.74, 6) is 0.479. The average molecular weight is 261 g/mol. The second kappa shape index (κ2) is 4.41. The van der Waals surface area contributed by atoms with Crippen LogP contribution in [0, 0.1) is 0 Å². The highest BCUT2D eigenvalue weighted by Gasteiger charge is 2.09. The van der Waals surface area contributed by atoms with Crippen molar-refractivity contribution in [1.82, 2.24) is 39.9 Å². The van der Waals surface area contributed by atoms with Gasteiger partial charge in [-0.25, -0.2) is 9.67 Å². The van der Waals surface area contributed by atoms with Crippen molar-refractivity contribution in [3.8, 4) is 5.95 Å². The Morgan fingerprint density at radius 2 is 2.22 bits per heavy atom. The lowest BCUT2D eigenvalue weighted by Gasteiger charge is -2.02. The second-order valence-electron chi connectivity index (χ2n) is 3.12. The normalized spacial score (nSPS) is 10.7. The van der Waals surface area contributed by atoms with Crippen LogP contribution in [-0.2, 0) is 0 Å². The van der Waals surface area contributed by atoms with Crippen molar-refractivity contribution in [1.29, 1.82) is 0 Å². The first-order chi connectivity index (χ1) is 8.81. The van der Waals surface area contributed by atoms with Gasteiger partial charge in [-0.15, -0.1) is 0 Å². The van der Waals surface area contributed by atoms with Crippen molar-refractivity contribution >= 4 is 17.7 Å². The molecule has 10 heteroatoms. The summed E-state index contributed by atoms with van der Waals surface area (Å²) in [6, 6.07) is 1.77. The van der Waals surface area contributed by atoms with Gasteiger partial charge in [0.2, 0.25) is 11.1 Å². The van der Waals surface area contributed by atoms with E-state index in [-0.39, 0.29) is 5.95 Å². The number of hydrogen-bond acceptors (Lipinski definition) is 8. The molecule has 0 bridgehead atoms. The Bertz CT molecular complexity index is 633. The van der Waals surface area contributed by atoms with Crippen molar-refractivity contribution in [3.63, 3.8) is 0 Å². The summed E-state index contributed by atoms with van der Waals surface area (Å²) in [6.45, 7) is 0. The predicted molar refractivity (Wildman–Crippen MR) is 61.9 cm³/mol. The van der Waals surface area contributed by atoms with E-state index in [1.54, 1.807) is 18.5 Å². The Hall–Kier alpha value is -2.49. The molecule has 3 N–H and O–H groups in total. The van der Waals surface area contributed by atoms with Crippen molar-refractivity contribution < 1.29 is 0 Å². The van der Waals surface area contributed by atoms with E-state index in [4.69, 9.17) is 5.73 Å². The number of nitrogens with one attached hydrogen (secondary N) is 1. The summed E-state index contributed by atoms with van der Waals surface area (Å²) < 4.78 is 1.50. The van der Waals surface area contributed by atoms with E-state index in [2.05, 4.69) is 35.2 Å². The van der Waals surface area contributed by atoms with Crippen molar-refractivity contribution in [2.24, 2.45) is 0 Å². The van der Waals surface area contributed by atoms with E-state index in [0.717, 1.165) is 0 Å². The number of nitrogens with two attached hydrogens (primary N) is 1. The van der Waals surface area contributed by atoms with Gasteiger partial charge in [0, 0.05) is 12.4 Å². The van der Waals surface area contributed by atoms with Gasteiger partial charge >= 0.3 is 0 Å². The summed E-state index contributed by atoms with van der Waals surface area (Å²) in [4.78, 5) is 16.2. The lowest BCUT2D eigenvalue weighted by atomic mass is 10.7. The maximum atomic E-state index is 5.63. The molecule has 0 aliphatic carbocycles. The third-order valence-corrected chi connectivity index (χ3v) is 2.67. The lowest BCUT2D eigenvalue weighted by molar-refractivity contribution is 0.763. The zero-order chi connectivity index (χ0) is 12.4. The first kappa shape index (κ1) is 10.7. The maximum Gasteiger partial charge on any atom is 0.256 e. The van der Waals surface area contributed by atoms with Crippen molar-refractivity contribution in [2.75, 3.05) is 5.73 Å². The molecule has 90 valence electrons. The molecule has 3 rings (SSSR count). The van der Waals surface area contributed by atoms with Crippen LogP contribution in [0.4, 0.5) is 5.95 Å². The van der Waals surface area contributed by atoms with Gasteiger partial charge < -0.3 is 5.73 Å². The average Bonchev–Trinajstić information content (AvgIpc) is 3.00. The number of aromatic amines is 1. The fraction of sp³-hybridized carbons (Fsp3) is 0. The Labute approximate surface area is 105 Å². The summed E-state index contributed by atoms with van der Waals surface area (Å²) >= 11 is 1.21. The quantitative estimate of drug-likeness (QED) is 0.670. The van der Waals surface area contributed by atoms with Crippen LogP contribution in [0.3, 0.4) is 0 Å². The van der Waals surface area contributed by atoms with Crippen LogP contribution in [0.1, 0.15) is 0 Å². The van der Waals surface area contributed by atoms with Crippen LogP contribution < -0.4 is 5.73 Å². The van der Waals surface area contributed by atoms with Gasteiger partial charge in [0.05, 0.1) is 0 Å². The minimum Gasteiger partial charge on any atom is -0.368 e. The molecule has 3 aromatic heterocycles. The van der Waals surface area contributed by atoms with Gasteiger partial charge in [0.1, 0.15) is 6.33 Å². The highest BCUT2D eigenvalue weighted by atomic mass is 32.2. The highest BCUT2D eigenvalue weighted by Crippen LogP contribution is 2.20. The molecule has 0 amide bonds. The topological polar surface area (TPSA) is 124 Å². The molecular formula is C8H7N9S. The SMILES string of the molecule is Nc1nc(Sc2ncn[nH]2)nc(-n2cccn2)n1. The van der Waals surface area contributed by atoms with Gasteiger partial charge in [0.15, 0.2) is 5.16 Å². The molecule has 0 atom stereocenters. The van der Waals surface area contributed by atoms with Gasteiger partial charge in [-0.2, -0.15) is 25.1 Å².